The van der Waals surface area contributed by atoms with Crippen LogP contribution in [0, 0.1) is 0 Å². The molecule has 1 aromatic rings. The van der Waals surface area contributed by atoms with E-state index in [0.29, 0.717) is 6.42 Å². The van der Waals surface area contributed by atoms with Crippen LogP contribution in [0.5, 0.6) is 0 Å². The number of hydrogen-bond acceptors (Lipinski definition) is 3. The van der Waals surface area contributed by atoms with Crippen molar-refractivity contribution in [3.8, 4) is 0 Å². The molecule has 0 aliphatic heterocycles. The zero-order valence-corrected chi connectivity index (χ0v) is 6.58. The molecule has 0 bridgehead atoms. The largest absolute Gasteiger partial charge is 0.469 e. The van der Waals surface area contributed by atoms with Crippen molar-refractivity contribution in [3.63, 3.8) is 0 Å². The van der Waals surface area contributed by atoms with Crippen molar-refractivity contribution in [1.82, 2.24) is 0 Å². The number of furan rings is 1. The van der Waals surface area contributed by atoms with E-state index >= 15 is 0 Å². The third-order valence-electron chi connectivity index (χ3n) is 1.52. The average molecular weight is 155 g/mol. The Bertz CT molecular complexity index is 204. The van der Waals surface area contributed by atoms with Gasteiger partial charge in [0.15, 0.2) is 0 Å². The monoisotopic (exact) mass is 155 g/mol. The van der Waals surface area contributed by atoms with Gasteiger partial charge in [0.1, 0.15) is 5.76 Å². The second-order valence-electron chi connectivity index (χ2n) is 3.07. The first kappa shape index (κ1) is 8.30. The predicted octanol–water partition coefficient (Wildman–Crippen LogP) is 0.532. The molecule has 11 heavy (non-hydrogen) atoms. The number of aliphatic hydroxyl groups is 1. The minimum atomic E-state index is -0.572. The molecule has 0 spiro atoms. The van der Waals surface area contributed by atoms with Gasteiger partial charge in [-0.15, -0.1) is 0 Å². The molecule has 0 aromatic carbocycles. The molecule has 62 valence electrons. The molecule has 1 rings (SSSR count). The van der Waals surface area contributed by atoms with Crippen LogP contribution in [-0.4, -0.2) is 17.3 Å². The summed E-state index contributed by atoms with van der Waals surface area (Å²) in [5.74, 6) is 0.809. The van der Waals surface area contributed by atoms with E-state index in [9.17, 15) is 0 Å². The summed E-state index contributed by atoms with van der Waals surface area (Å²) < 4.78 is 5.08. The van der Waals surface area contributed by atoms with E-state index in [1.54, 1.807) is 13.2 Å². The molecule has 3 nitrogen and oxygen atoms in total. The molecule has 1 aromatic heterocycles. The van der Waals surface area contributed by atoms with Gasteiger partial charge in [-0.25, -0.2) is 0 Å². The second-order valence-corrected chi connectivity index (χ2v) is 3.07. The van der Waals surface area contributed by atoms with Crippen molar-refractivity contribution >= 4 is 0 Å². The molecule has 1 unspecified atom stereocenters. The maximum atomic E-state index is 8.83. The first-order valence-electron chi connectivity index (χ1n) is 3.56. The summed E-state index contributed by atoms with van der Waals surface area (Å²) in [7, 11) is 0. The SMILES string of the molecule is CC(N)(CO)Cc1ccco1. The highest BCUT2D eigenvalue weighted by Crippen LogP contribution is 2.09. The van der Waals surface area contributed by atoms with Crippen molar-refractivity contribution in [3.05, 3.63) is 24.2 Å². The first-order chi connectivity index (χ1) is 5.14. The lowest BCUT2D eigenvalue weighted by atomic mass is 9.99. The highest BCUT2D eigenvalue weighted by Gasteiger charge is 2.18. The third kappa shape index (κ3) is 2.37. The Morgan fingerprint density at radius 2 is 2.45 bits per heavy atom. The molecular formula is C8H13NO2. The van der Waals surface area contributed by atoms with E-state index in [-0.39, 0.29) is 6.61 Å². The number of hydrogen-bond donors (Lipinski definition) is 2. The van der Waals surface area contributed by atoms with Gasteiger partial charge in [0.2, 0.25) is 0 Å². The molecule has 1 atom stereocenters. The lowest BCUT2D eigenvalue weighted by Crippen LogP contribution is -2.42. The van der Waals surface area contributed by atoms with Crippen LogP contribution < -0.4 is 5.73 Å². The van der Waals surface area contributed by atoms with Crippen LogP contribution in [0.3, 0.4) is 0 Å². The minimum Gasteiger partial charge on any atom is -0.469 e. The molecule has 0 fully saturated rings. The summed E-state index contributed by atoms with van der Waals surface area (Å²) >= 11 is 0. The van der Waals surface area contributed by atoms with E-state index in [1.807, 2.05) is 12.1 Å². The molecule has 0 radical (unpaired) electrons. The van der Waals surface area contributed by atoms with Gasteiger partial charge in [0.25, 0.3) is 0 Å². The fourth-order valence-electron chi connectivity index (χ4n) is 0.867. The highest BCUT2D eigenvalue weighted by atomic mass is 16.3. The second kappa shape index (κ2) is 3.07. The Morgan fingerprint density at radius 1 is 1.73 bits per heavy atom. The summed E-state index contributed by atoms with van der Waals surface area (Å²) in [5.41, 5.74) is 5.13. The maximum Gasteiger partial charge on any atom is 0.105 e. The molecule has 0 saturated heterocycles. The summed E-state index contributed by atoms with van der Waals surface area (Å²) in [6, 6.07) is 3.66. The number of rotatable bonds is 3. The third-order valence-corrected chi connectivity index (χ3v) is 1.52. The highest BCUT2D eigenvalue weighted by molar-refractivity contribution is 5.03. The lowest BCUT2D eigenvalue weighted by Gasteiger charge is -2.19. The topological polar surface area (TPSA) is 59.4 Å². The van der Waals surface area contributed by atoms with E-state index in [1.165, 1.54) is 0 Å². The molecule has 3 N–H and O–H groups in total. The zero-order valence-electron chi connectivity index (χ0n) is 6.58. The standard InChI is InChI=1S/C8H13NO2/c1-8(9,6-10)5-7-3-2-4-11-7/h2-4,10H,5-6,9H2,1H3. The molecule has 0 aliphatic carbocycles. The van der Waals surface area contributed by atoms with Gasteiger partial charge in [-0.3, -0.25) is 0 Å². The summed E-state index contributed by atoms with van der Waals surface area (Å²) in [5, 5.41) is 8.83. The van der Waals surface area contributed by atoms with Crippen molar-refractivity contribution in [2.45, 2.75) is 18.9 Å². The molecular weight excluding hydrogens is 142 g/mol. The Morgan fingerprint density at radius 3 is 2.91 bits per heavy atom. The van der Waals surface area contributed by atoms with Gasteiger partial charge in [0, 0.05) is 12.0 Å². The van der Waals surface area contributed by atoms with Crippen LogP contribution in [-0.2, 0) is 6.42 Å². The smallest absolute Gasteiger partial charge is 0.105 e. The van der Waals surface area contributed by atoms with Crippen molar-refractivity contribution < 1.29 is 9.52 Å². The summed E-state index contributed by atoms with van der Waals surface area (Å²) in [6.45, 7) is 1.75. The molecule has 1 heterocycles. The molecule has 0 saturated carbocycles. The Labute approximate surface area is 65.8 Å². The van der Waals surface area contributed by atoms with Gasteiger partial charge < -0.3 is 15.3 Å². The van der Waals surface area contributed by atoms with Crippen LogP contribution >= 0.6 is 0 Å². The van der Waals surface area contributed by atoms with Gasteiger partial charge in [-0.2, -0.15) is 0 Å². The van der Waals surface area contributed by atoms with Gasteiger partial charge in [-0.1, -0.05) is 0 Å². The predicted molar refractivity (Wildman–Crippen MR) is 42.1 cm³/mol. The number of aliphatic hydroxyl groups excluding tert-OH is 1. The first-order valence-corrected chi connectivity index (χ1v) is 3.56. The summed E-state index contributed by atoms with van der Waals surface area (Å²) in [4.78, 5) is 0. The minimum absolute atomic E-state index is 0.0340. The summed E-state index contributed by atoms with van der Waals surface area (Å²) in [6.07, 6.45) is 2.17. The lowest BCUT2D eigenvalue weighted by molar-refractivity contribution is 0.202. The number of nitrogens with two attached hydrogens (primary N) is 1. The van der Waals surface area contributed by atoms with Crippen LogP contribution in [0.1, 0.15) is 12.7 Å². The van der Waals surface area contributed by atoms with Gasteiger partial charge >= 0.3 is 0 Å². The van der Waals surface area contributed by atoms with Crippen molar-refractivity contribution in [1.29, 1.82) is 0 Å². The molecule has 0 aliphatic rings. The van der Waals surface area contributed by atoms with Crippen LogP contribution in [0.2, 0.25) is 0 Å². The zero-order chi connectivity index (χ0) is 8.32. The fourth-order valence-corrected chi connectivity index (χ4v) is 0.867. The Balaban J connectivity index is 2.56. The van der Waals surface area contributed by atoms with Crippen LogP contribution in [0.25, 0.3) is 0 Å². The van der Waals surface area contributed by atoms with Gasteiger partial charge in [0.05, 0.1) is 12.9 Å². The molecule has 0 amide bonds. The van der Waals surface area contributed by atoms with Crippen LogP contribution in [0.4, 0.5) is 0 Å². The fraction of sp³-hybridized carbons (Fsp3) is 0.500. The van der Waals surface area contributed by atoms with E-state index in [0.717, 1.165) is 5.76 Å². The van der Waals surface area contributed by atoms with Crippen molar-refractivity contribution in [2.24, 2.45) is 5.73 Å². The maximum absolute atomic E-state index is 8.83. The Kier molecular flexibility index (Phi) is 2.31. The quantitative estimate of drug-likeness (QED) is 0.669. The molecule has 3 heteroatoms. The normalized spacial score (nSPS) is 16.3. The van der Waals surface area contributed by atoms with Crippen LogP contribution in [0.15, 0.2) is 22.8 Å². The van der Waals surface area contributed by atoms with Crippen molar-refractivity contribution in [2.75, 3.05) is 6.61 Å². The van der Waals surface area contributed by atoms with Gasteiger partial charge in [-0.05, 0) is 19.1 Å². The van der Waals surface area contributed by atoms with E-state index in [2.05, 4.69) is 0 Å². The average Bonchev–Trinajstić information content (AvgIpc) is 2.39. The van der Waals surface area contributed by atoms with E-state index in [4.69, 9.17) is 15.3 Å². The Hall–Kier alpha value is -0.800. The van der Waals surface area contributed by atoms with E-state index < -0.39 is 5.54 Å².